The lowest BCUT2D eigenvalue weighted by molar-refractivity contribution is -0.143. The molecule has 1 amide bonds. The van der Waals surface area contributed by atoms with Gasteiger partial charge in [0, 0.05) is 35.2 Å². The van der Waals surface area contributed by atoms with E-state index < -0.39 is 9.84 Å². The van der Waals surface area contributed by atoms with E-state index in [0.29, 0.717) is 29.0 Å². The minimum atomic E-state index is -3.76. The van der Waals surface area contributed by atoms with Gasteiger partial charge in [-0.3, -0.25) is 4.79 Å². The first-order valence-corrected chi connectivity index (χ1v) is 11.6. The summed E-state index contributed by atoms with van der Waals surface area (Å²) in [6, 6.07) is 13.3. The Labute approximate surface area is 180 Å². The maximum Gasteiger partial charge on any atom is 0.242 e. The van der Waals surface area contributed by atoms with Crippen molar-refractivity contribution in [2.75, 3.05) is 13.1 Å². The molecule has 0 N–H and O–H groups in total. The number of ether oxygens (including phenoxy) is 1. The van der Waals surface area contributed by atoms with E-state index in [-0.39, 0.29) is 34.5 Å². The van der Waals surface area contributed by atoms with Crippen molar-refractivity contribution in [1.82, 2.24) is 9.47 Å². The van der Waals surface area contributed by atoms with E-state index in [2.05, 4.69) is 0 Å². The number of halogens is 1. The lowest BCUT2D eigenvalue weighted by Crippen LogP contribution is -2.49. The van der Waals surface area contributed by atoms with Gasteiger partial charge in [-0.1, -0.05) is 29.8 Å². The Morgan fingerprint density at radius 1 is 1.07 bits per heavy atom. The third-order valence-electron chi connectivity index (χ3n) is 5.24. The van der Waals surface area contributed by atoms with Crippen LogP contribution < -0.4 is 0 Å². The van der Waals surface area contributed by atoms with Gasteiger partial charge < -0.3 is 14.2 Å². The number of hydrogen-bond acceptors (Lipinski definition) is 4. The Kier molecular flexibility index (Phi) is 5.61. The van der Waals surface area contributed by atoms with Crippen LogP contribution in [0.25, 0.3) is 10.9 Å². The minimum absolute atomic E-state index is 0.0278. The van der Waals surface area contributed by atoms with Gasteiger partial charge in [0.1, 0.15) is 6.54 Å². The van der Waals surface area contributed by atoms with Crippen LogP contribution in [-0.2, 0) is 25.9 Å². The normalized spacial score (nSPS) is 19.9. The van der Waals surface area contributed by atoms with Crippen LogP contribution in [0.1, 0.15) is 13.8 Å². The molecule has 1 fully saturated rings. The molecule has 1 aliphatic rings. The zero-order valence-corrected chi connectivity index (χ0v) is 18.4. The average molecular weight is 447 g/mol. The Hall–Kier alpha value is -2.35. The number of para-hydroxylation sites is 1. The first-order chi connectivity index (χ1) is 14.3. The predicted octanol–water partition coefficient (Wildman–Crippen LogP) is 3.76. The summed E-state index contributed by atoms with van der Waals surface area (Å²) in [5.74, 6) is -0.0619. The SMILES string of the molecule is CC1CN(C(=O)Cn2cc(S(=O)(=O)c3ccc(Cl)cc3)c3ccccc32)CC(C)O1. The molecule has 8 heteroatoms. The molecule has 3 aromatic rings. The van der Waals surface area contributed by atoms with Gasteiger partial charge in [-0.25, -0.2) is 8.42 Å². The average Bonchev–Trinajstić information content (AvgIpc) is 3.07. The second-order valence-electron chi connectivity index (χ2n) is 7.65. The van der Waals surface area contributed by atoms with Gasteiger partial charge in [-0.15, -0.1) is 0 Å². The number of fused-ring (bicyclic) bond motifs is 1. The number of rotatable bonds is 4. The molecule has 2 unspecified atom stereocenters. The van der Waals surface area contributed by atoms with E-state index in [1.807, 2.05) is 26.0 Å². The van der Waals surface area contributed by atoms with Gasteiger partial charge in [0.2, 0.25) is 15.7 Å². The van der Waals surface area contributed by atoms with Crippen LogP contribution in [0.5, 0.6) is 0 Å². The van der Waals surface area contributed by atoms with E-state index in [1.165, 1.54) is 12.1 Å². The number of sulfone groups is 1. The monoisotopic (exact) mass is 446 g/mol. The molecule has 0 saturated carbocycles. The van der Waals surface area contributed by atoms with Crippen molar-refractivity contribution in [2.45, 2.75) is 42.4 Å². The summed E-state index contributed by atoms with van der Waals surface area (Å²) < 4.78 is 34.0. The Balaban J connectivity index is 1.71. The molecule has 158 valence electrons. The van der Waals surface area contributed by atoms with Crippen molar-refractivity contribution < 1.29 is 17.9 Å². The van der Waals surface area contributed by atoms with E-state index in [1.54, 1.807) is 39.9 Å². The molecular formula is C22H23ClN2O4S. The number of carbonyl (C=O) groups excluding carboxylic acids is 1. The summed E-state index contributed by atoms with van der Waals surface area (Å²) in [5.41, 5.74) is 0.702. The van der Waals surface area contributed by atoms with Gasteiger partial charge in [-0.2, -0.15) is 0 Å². The third-order valence-corrected chi connectivity index (χ3v) is 7.29. The van der Waals surface area contributed by atoms with E-state index in [0.717, 1.165) is 0 Å². The topological polar surface area (TPSA) is 68.6 Å². The Bertz CT molecular complexity index is 1180. The van der Waals surface area contributed by atoms with Crippen LogP contribution in [-0.4, -0.2) is 49.1 Å². The maximum atomic E-state index is 13.3. The number of morpholine rings is 1. The van der Waals surface area contributed by atoms with Gasteiger partial charge >= 0.3 is 0 Å². The molecular weight excluding hydrogens is 424 g/mol. The molecule has 4 rings (SSSR count). The number of nitrogens with zero attached hydrogens (tertiary/aromatic N) is 2. The van der Waals surface area contributed by atoms with E-state index >= 15 is 0 Å². The highest BCUT2D eigenvalue weighted by atomic mass is 35.5. The summed E-state index contributed by atoms with van der Waals surface area (Å²) >= 11 is 5.91. The molecule has 2 heterocycles. The summed E-state index contributed by atoms with van der Waals surface area (Å²) in [6.07, 6.45) is 1.50. The van der Waals surface area contributed by atoms with E-state index in [9.17, 15) is 13.2 Å². The first-order valence-electron chi connectivity index (χ1n) is 9.77. The summed E-state index contributed by atoms with van der Waals surface area (Å²) in [4.78, 5) is 15.1. The third kappa shape index (κ3) is 3.97. The molecule has 0 spiro atoms. The second-order valence-corrected chi connectivity index (χ2v) is 10.0. The maximum absolute atomic E-state index is 13.3. The van der Waals surface area contributed by atoms with Gasteiger partial charge in [0.15, 0.2) is 0 Å². The molecule has 2 atom stereocenters. The molecule has 30 heavy (non-hydrogen) atoms. The van der Waals surface area contributed by atoms with Gasteiger partial charge in [0.05, 0.1) is 22.0 Å². The zero-order chi connectivity index (χ0) is 21.5. The Morgan fingerprint density at radius 3 is 2.37 bits per heavy atom. The summed E-state index contributed by atoms with van der Waals surface area (Å²) in [6.45, 7) is 5.00. The number of hydrogen-bond donors (Lipinski definition) is 0. The summed E-state index contributed by atoms with van der Waals surface area (Å²) in [5, 5.41) is 1.06. The van der Waals surface area contributed by atoms with Crippen LogP contribution in [0.2, 0.25) is 5.02 Å². The first kappa shape index (κ1) is 20.9. The lowest BCUT2D eigenvalue weighted by Gasteiger charge is -2.35. The largest absolute Gasteiger partial charge is 0.372 e. The van der Waals surface area contributed by atoms with Crippen molar-refractivity contribution in [3.8, 4) is 0 Å². The van der Waals surface area contributed by atoms with Crippen LogP contribution in [0.15, 0.2) is 64.5 Å². The van der Waals surface area contributed by atoms with Crippen LogP contribution in [0.3, 0.4) is 0 Å². The second kappa shape index (κ2) is 8.06. The fraction of sp³-hybridized carbons (Fsp3) is 0.318. The van der Waals surface area contributed by atoms with Crippen molar-refractivity contribution in [1.29, 1.82) is 0 Å². The van der Waals surface area contributed by atoms with Crippen molar-refractivity contribution in [3.05, 3.63) is 59.8 Å². The Morgan fingerprint density at radius 2 is 1.70 bits per heavy atom. The quantitative estimate of drug-likeness (QED) is 0.611. The van der Waals surface area contributed by atoms with Crippen LogP contribution in [0.4, 0.5) is 0 Å². The molecule has 0 bridgehead atoms. The predicted molar refractivity (Wildman–Crippen MR) is 115 cm³/mol. The fourth-order valence-corrected chi connectivity index (χ4v) is 5.53. The molecule has 1 aromatic heterocycles. The number of amides is 1. The highest BCUT2D eigenvalue weighted by Crippen LogP contribution is 2.31. The zero-order valence-electron chi connectivity index (χ0n) is 16.8. The summed E-state index contributed by atoms with van der Waals surface area (Å²) in [7, 11) is -3.76. The molecule has 2 aromatic carbocycles. The van der Waals surface area contributed by atoms with Crippen molar-refractivity contribution in [3.63, 3.8) is 0 Å². The number of aromatic nitrogens is 1. The van der Waals surface area contributed by atoms with Gasteiger partial charge in [-0.05, 0) is 44.2 Å². The van der Waals surface area contributed by atoms with Crippen LogP contribution in [0, 0.1) is 0 Å². The smallest absolute Gasteiger partial charge is 0.242 e. The molecule has 1 saturated heterocycles. The molecule has 6 nitrogen and oxygen atoms in total. The minimum Gasteiger partial charge on any atom is -0.372 e. The van der Waals surface area contributed by atoms with Crippen molar-refractivity contribution >= 4 is 38.2 Å². The van der Waals surface area contributed by atoms with Gasteiger partial charge in [0.25, 0.3) is 0 Å². The lowest BCUT2D eigenvalue weighted by atomic mass is 10.2. The highest BCUT2D eigenvalue weighted by molar-refractivity contribution is 7.91. The van der Waals surface area contributed by atoms with E-state index in [4.69, 9.17) is 16.3 Å². The number of carbonyl (C=O) groups is 1. The fourth-order valence-electron chi connectivity index (χ4n) is 3.93. The molecule has 0 aliphatic carbocycles. The van der Waals surface area contributed by atoms with Crippen molar-refractivity contribution in [2.24, 2.45) is 0 Å². The standard InChI is InChI=1S/C22H23ClN2O4S/c1-15-11-25(12-16(2)29-15)22(26)14-24-13-21(19-5-3-4-6-20(19)24)30(27,28)18-9-7-17(23)8-10-18/h3-10,13,15-16H,11-12,14H2,1-2H3. The highest BCUT2D eigenvalue weighted by Gasteiger charge is 2.28. The number of benzene rings is 2. The van der Waals surface area contributed by atoms with Crippen LogP contribution >= 0.6 is 11.6 Å². The molecule has 1 aliphatic heterocycles. The molecule has 0 radical (unpaired) electrons.